The van der Waals surface area contributed by atoms with Gasteiger partial charge in [-0.25, -0.2) is 4.79 Å². The van der Waals surface area contributed by atoms with Crippen molar-refractivity contribution < 1.29 is 14.3 Å². The molecule has 0 unspecified atom stereocenters. The number of nitrogens with one attached hydrogen (secondary N) is 2. The molecule has 0 saturated carbocycles. The Morgan fingerprint density at radius 1 is 0.962 bits per heavy atom. The van der Waals surface area contributed by atoms with E-state index in [9.17, 15) is 9.59 Å². The van der Waals surface area contributed by atoms with E-state index < -0.39 is 12.0 Å². The van der Waals surface area contributed by atoms with E-state index in [1.165, 1.54) is 12.7 Å². The molecular weight excluding hydrogens is 328 g/mol. The zero-order valence-electron chi connectivity index (χ0n) is 16.2. The average molecular weight is 354 g/mol. The number of rotatable bonds is 5. The number of aryl methyl sites for hydroxylation is 4. The van der Waals surface area contributed by atoms with Crippen LogP contribution in [-0.4, -0.2) is 25.0 Å². The van der Waals surface area contributed by atoms with E-state index >= 15 is 0 Å². The first-order valence-corrected chi connectivity index (χ1v) is 8.57. The van der Waals surface area contributed by atoms with E-state index in [4.69, 9.17) is 4.74 Å². The Morgan fingerprint density at radius 3 is 2.15 bits per heavy atom. The van der Waals surface area contributed by atoms with Crippen molar-refractivity contribution in [1.29, 1.82) is 0 Å². The van der Waals surface area contributed by atoms with Gasteiger partial charge < -0.3 is 15.4 Å². The van der Waals surface area contributed by atoms with Gasteiger partial charge in [0.1, 0.15) is 6.04 Å². The second kappa shape index (κ2) is 8.04. The maximum atomic E-state index is 12.6. The molecule has 26 heavy (non-hydrogen) atoms. The van der Waals surface area contributed by atoms with Crippen LogP contribution in [0.1, 0.15) is 39.5 Å². The Balaban J connectivity index is 2.16. The summed E-state index contributed by atoms with van der Waals surface area (Å²) in [6, 6.07) is 8.86. The Kier molecular flexibility index (Phi) is 6.03. The lowest BCUT2D eigenvalue weighted by Gasteiger charge is -2.19. The molecule has 138 valence electrons. The third kappa shape index (κ3) is 4.42. The fourth-order valence-corrected chi connectivity index (χ4v) is 2.93. The third-order valence-corrected chi connectivity index (χ3v) is 4.35. The van der Waals surface area contributed by atoms with Gasteiger partial charge in [0.15, 0.2) is 0 Å². The maximum absolute atomic E-state index is 12.6. The molecule has 2 aromatic rings. The number of hydrogen-bond donors (Lipinski definition) is 2. The van der Waals surface area contributed by atoms with Crippen molar-refractivity contribution in [3.05, 3.63) is 58.1 Å². The number of amides is 1. The summed E-state index contributed by atoms with van der Waals surface area (Å²) in [7, 11) is 1.34. The molecule has 2 N–H and O–H groups in total. The molecule has 2 rings (SSSR count). The van der Waals surface area contributed by atoms with Gasteiger partial charge >= 0.3 is 5.97 Å². The van der Waals surface area contributed by atoms with Crippen LogP contribution in [0, 0.1) is 27.7 Å². The summed E-state index contributed by atoms with van der Waals surface area (Å²) >= 11 is 0. The molecule has 0 aliphatic heterocycles. The van der Waals surface area contributed by atoms with Crippen molar-refractivity contribution in [1.82, 2.24) is 0 Å². The minimum Gasteiger partial charge on any atom is -0.465 e. The van der Waals surface area contributed by atoms with E-state index in [2.05, 4.69) is 10.6 Å². The van der Waals surface area contributed by atoms with Crippen LogP contribution in [-0.2, 0) is 9.53 Å². The molecule has 0 aromatic heterocycles. The van der Waals surface area contributed by atoms with Crippen LogP contribution in [0.5, 0.6) is 0 Å². The zero-order valence-corrected chi connectivity index (χ0v) is 16.2. The number of ether oxygens (including phenoxy) is 1. The summed E-state index contributed by atoms with van der Waals surface area (Å²) < 4.78 is 4.75. The van der Waals surface area contributed by atoms with Gasteiger partial charge in [-0.15, -0.1) is 0 Å². The van der Waals surface area contributed by atoms with E-state index in [1.54, 1.807) is 19.1 Å². The van der Waals surface area contributed by atoms with Crippen molar-refractivity contribution in [2.75, 3.05) is 17.7 Å². The molecule has 0 bridgehead atoms. The van der Waals surface area contributed by atoms with Crippen LogP contribution in [0.4, 0.5) is 11.4 Å². The van der Waals surface area contributed by atoms with Crippen molar-refractivity contribution in [3.8, 4) is 0 Å². The van der Waals surface area contributed by atoms with E-state index in [0.29, 0.717) is 5.56 Å². The van der Waals surface area contributed by atoms with Crippen molar-refractivity contribution in [2.45, 2.75) is 40.7 Å². The normalized spacial score (nSPS) is 11.6. The minimum absolute atomic E-state index is 0.136. The first-order chi connectivity index (χ1) is 12.2. The number of anilines is 2. The smallest absolute Gasteiger partial charge is 0.337 e. The molecule has 1 atom stereocenters. The van der Waals surface area contributed by atoms with Gasteiger partial charge in [0, 0.05) is 11.4 Å². The first kappa shape index (κ1) is 19.5. The number of methoxy groups -OCH3 is 1. The van der Waals surface area contributed by atoms with Gasteiger partial charge in [-0.2, -0.15) is 0 Å². The first-order valence-electron chi connectivity index (χ1n) is 8.57. The van der Waals surface area contributed by atoms with Gasteiger partial charge in [-0.05, 0) is 63.4 Å². The van der Waals surface area contributed by atoms with Crippen LogP contribution in [0.2, 0.25) is 0 Å². The molecule has 0 heterocycles. The monoisotopic (exact) mass is 354 g/mol. The Bertz CT molecular complexity index is 820. The Hall–Kier alpha value is -2.82. The predicted molar refractivity (Wildman–Crippen MR) is 105 cm³/mol. The van der Waals surface area contributed by atoms with E-state index in [0.717, 1.165) is 28.1 Å². The molecule has 2 aromatic carbocycles. The Labute approximate surface area is 154 Å². The number of hydrogen-bond acceptors (Lipinski definition) is 4. The average Bonchev–Trinajstić information content (AvgIpc) is 2.58. The van der Waals surface area contributed by atoms with Crippen LogP contribution in [0.25, 0.3) is 0 Å². The van der Waals surface area contributed by atoms with Crippen LogP contribution >= 0.6 is 0 Å². The number of carbonyl (C=O) groups is 2. The van der Waals surface area contributed by atoms with Crippen molar-refractivity contribution >= 4 is 23.3 Å². The number of benzene rings is 2. The lowest BCUT2D eigenvalue weighted by molar-refractivity contribution is -0.116. The van der Waals surface area contributed by atoms with Gasteiger partial charge in [0.05, 0.1) is 12.7 Å². The molecule has 0 fully saturated rings. The highest BCUT2D eigenvalue weighted by Gasteiger charge is 2.17. The van der Waals surface area contributed by atoms with Crippen molar-refractivity contribution in [2.24, 2.45) is 0 Å². The Morgan fingerprint density at radius 2 is 1.58 bits per heavy atom. The summed E-state index contributed by atoms with van der Waals surface area (Å²) in [6.45, 7) is 9.71. The van der Waals surface area contributed by atoms with Crippen LogP contribution in [0.3, 0.4) is 0 Å². The minimum atomic E-state index is -0.471. The van der Waals surface area contributed by atoms with Crippen LogP contribution in [0.15, 0.2) is 30.3 Å². The summed E-state index contributed by atoms with van der Waals surface area (Å²) in [4.78, 5) is 24.3. The second-order valence-corrected chi connectivity index (χ2v) is 6.65. The molecule has 0 aliphatic rings. The number of carbonyl (C=O) groups excluding carboxylic acids is 2. The fraction of sp³-hybridized carbons (Fsp3) is 0.333. The molecule has 0 radical (unpaired) electrons. The molecule has 0 spiro atoms. The summed E-state index contributed by atoms with van der Waals surface area (Å²) in [5, 5.41) is 6.18. The molecule has 0 aliphatic carbocycles. The van der Waals surface area contributed by atoms with E-state index in [1.807, 2.05) is 45.9 Å². The predicted octanol–water partition coefficient (Wildman–Crippen LogP) is 4.15. The van der Waals surface area contributed by atoms with Gasteiger partial charge in [0.2, 0.25) is 5.91 Å². The fourth-order valence-electron chi connectivity index (χ4n) is 2.93. The highest BCUT2D eigenvalue weighted by molar-refractivity contribution is 5.98. The summed E-state index contributed by atoms with van der Waals surface area (Å²) in [5.41, 5.74) is 6.19. The van der Waals surface area contributed by atoms with Crippen molar-refractivity contribution in [3.63, 3.8) is 0 Å². The summed E-state index contributed by atoms with van der Waals surface area (Å²) in [6.07, 6.45) is 0. The standard InChI is InChI=1S/C21H26N2O3/c1-12-9-14(3)19(15(4)10-12)23-20(24)16(5)22-18-11-17(21(25)26-6)8-7-13(18)2/h7-11,16,22H,1-6H3,(H,23,24)/t16-/m0/s1. The molecule has 1 amide bonds. The molecule has 5 nitrogen and oxygen atoms in total. The largest absolute Gasteiger partial charge is 0.465 e. The van der Waals surface area contributed by atoms with Crippen LogP contribution < -0.4 is 10.6 Å². The zero-order chi connectivity index (χ0) is 19.4. The quantitative estimate of drug-likeness (QED) is 0.792. The maximum Gasteiger partial charge on any atom is 0.337 e. The van der Waals surface area contributed by atoms with Gasteiger partial charge in [0.25, 0.3) is 0 Å². The molecular formula is C21H26N2O3. The summed E-state index contributed by atoms with van der Waals surface area (Å²) in [5.74, 6) is -0.543. The second-order valence-electron chi connectivity index (χ2n) is 6.65. The highest BCUT2D eigenvalue weighted by Crippen LogP contribution is 2.23. The van der Waals surface area contributed by atoms with Gasteiger partial charge in [-0.3, -0.25) is 4.79 Å². The third-order valence-electron chi connectivity index (χ3n) is 4.35. The lowest BCUT2D eigenvalue weighted by Crippen LogP contribution is -2.32. The number of esters is 1. The SMILES string of the molecule is COC(=O)c1ccc(C)c(N[C@@H](C)C(=O)Nc2c(C)cc(C)cc2C)c1. The highest BCUT2D eigenvalue weighted by atomic mass is 16.5. The van der Waals surface area contributed by atoms with E-state index in [-0.39, 0.29) is 5.91 Å². The molecule has 0 saturated heterocycles. The lowest BCUT2D eigenvalue weighted by atomic mass is 10.0. The topological polar surface area (TPSA) is 67.4 Å². The van der Waals surface area contributed by atoms with Gasteiger partial charge in [-0.1, -0.05) is 23.8 Å². The molecule has 5 heteroatoms.